The Morgan fingerprint density at radius 1 is 1.56 bits per heavy atom. The number of carbonyl (C=O) groups is 1. The summed E-state index contributed by atoms with van der Waals surface area (Å²) in [5.74, 6) is 0.0743. The second-order valence-corrected chi connectivity index (χ2v) is 4.40. The average Bonchev–Trinajstić information content (AvgIpc) is 2.25. The Morgan fingerprint density at radius 3 is 2.69 bits per heavy atom. The Kier molecular flexibility index (Phi) is 4.74. The first kappa shape index (κ1) is 13.0. The standard InChI is InChI=1S/C13H16BrNO/c1-4-8-15(5-2)11-6-7-12(10(3)16)13(14)9-11/h4,6-7,9H,1,5,8H2,2-3H3. The fourth-order valence-electron chi connectivity index (χ4n) is 1.56. The Labute approximate surface area is 105 Å². The van der Waals surface area contributed by atoms with Gasteiger partial charge in [-0.05, 0) is 48.0 Å². The van der Waals surface area contributed by atoms with Crippen LogP contribution in [0.3, 0.4) is 0 Å². The molecule has 0 N–H and O–H groups in total. The van der Waals surface area contributed by atoms with Crippen LogP contribution >= 0.6 is 15.9 Å². The van der Waals surface area contributed by atoms with Crippen molar-refractivity contribution >= 4 is 27.4 Å². The zero-order chi connectivity index (χ0) is 12.1. The molecule has 0 bridgehead atoms. The molecule has 0 heterocycles. The van der Waals surface area contributed by atoms with Crippen molar-refractivity contribution in [2.75, 3.05) is 18.0 Å². The zero-order valence-corrected chi connectivity index (χ0v) is 11.3. The Morgan fingerprint density at radius 2 is 2.25 bits per heavy atom. The molecule has 0 amide bonds. The highest BCUT2D eigenvalue weighted by atomic mass is 79.9. The summed E-state index contributed by atoms with van der Waals surface area (Å²) in [7, 11) is 0. The first-order valence-corrected chi connectivity index (χ1v) is 6.05. The Bertz CT molecular complexity index is 401. The summed E-state index contributed by atoms with van der Waals surface area (Å²) >= 11 is 3.42. The van der Waals surface area contributed by atoms with Crippen LogP contribution in [0.2, 0.25) is 0 Å². The Balaban J connectivity index is 3.03. The van der Waals surface area contributed by atoms with Crippen molar-refractivity contribution < 1.29 is 4.79 Å². The van der Waals surface area contributed by atoms with E-state index in [2.05, 4.69) is 34.3 Å². The van der Waals surface area contributed by atoms with Crippen LogP contribution in [0.25, 0.3) is 0 Å². The highest BCUT2D eigenvalue weighted by Crippen LogP contribution is 2.24. The average molecular weight is 282 g/mol. The molecule has 1 aromatic carbocycles. The normalized spacial score (nSPS) is 9.94. The maximum Gasteiger partial charge on any atom is 0.160 e. The zero-order valence-electron chi connectivity index (χ0n) is 9.66. The largest absolute Gasteiger partial charge is 0.368 e. The van der Waals surface area contributed by atoms with Crippen molar-refractivity contribution in [3.8, 4) is 0 Å². The fourth-order valence-corrected chi connectivity index (χ4v) is 2.21. The number of hydrogen-bond acceptors (Lipinski definition) is 2. The summed E-state index contributed by atoms with van der Waals surface area (Å²) < 4.78 is 0.847. The van der Waals surface area contributed by atoms with E-state index in [0.29, 0.717) is 0 Å². The van der Waals surface area contributed by atoms with Gasteiger partial charge in [-0.25, -0.2) is 0 Å². The number of rotatable bonds is 5. The van der Waals surface area contributed by atoms with Crippen LogP contribution in [0.5, 0.6) is 0 Å². The summed E-state index contributed by atoms with van der Waals surface area (Å²) in [6.07, 6.45) is 1.87. The highest BCUT2D eigenvalue weighted by Gasteiger charge is 2.08. The molecule has 0 fully saturated rings. The first-order chi connectivity index (χ1) is 7.60. The molecule has 3 heteroatoms. The number of anilines is 1. The lowest BCUT2D eigenvalue weighted by Crippen LogP contribution is -2.22. The third-order valence-corrected chi connectivity index (χ3v) is 3.08. The van der Waals surface area contributed by atoms with E-state index in [4.69, 9.17) is 0 Å². The molecule has 1 aromatic rings. The van der Waals surface area contributed by atoms with Crippen LogP contribution < -0.4 is 4.90 Å². The molecule has 0 aromatic heterocycles. The van der Waals surface area contributed by atoms with Gasteiger partial charge in [0.25, 0.3) is 0 Å². The molecule has 0 aliphatic carbocycles. The van der Waals surface area contributed by atoms with E-state index < -0.39 is 0 Å². The number of likely N-dealkylation sites (N-methyl/N-ethyl adjacent to an activating group) is 1. The van der Waals surface area contributed by atoms with Crippen molar-refractivity contribution in [2.45, 2.75) is 13.8 Å². The van der Waals surface area contributed by atoms with E-state index in [1.807, 2.05) is 24.3 Å². The van der Waals surface area contributed by atoms with Crippen molar-refractivity contribution in [1.29, 1.82) is 0 Å². The molecule has 0 aliphatic rings. The molecule has 1 rings (SSSR count). The molecule has 2 nitrogen and oxygen atoms in total. The van der Waals surface area contributed by atoms with E-state index in [-0.39, 0.29) is 5.78 Å². The molecule has 16 heavy (non-hydrogen) atoms. The van der Waals surface area contributed by atoms with Gasteiger partial charge >= 0.3 is 0 Å². The third-order valence-electron chi connectivity index (χ3n) is 2.43. The van der Waals surface area contributed by atoms with E-state index >= 15 is 0 Å². The predicted molar refractivity (Wildman–Crippen MR) is 72.2 cm³/mol. The minimum absolute atomic E-state index is 0.0743. The third kappa shape index (κ3) is 2.95. The summed E-state index contributed by atoms with van der Waals surface area (Å²) in [6.45, 7) is 9.12. The van der Waals surface area contributed by atoms with Crippen molar-refractivity contribution in [3.63, 3.8) is 0 Å². The van der Waals surface area contributed by atoms with Gasteiger partial charge in [0.1, 0.15) is 0 Å². The van der Waals surface area contributed by atoms with Gasteiger partial charge in [-0.1, -0.05) is 6.08 Å². The number of nitrogens with zero attached hydrogens (tertiary/aromatic N) is 1. The van der Waals surface area contributed by atoms with Gasteiger partial charge in [0.05, 0.1) is 0 Å². The topological polar surface area (TPSA) is 20.3 Å². The highest BCUT2D eigenvalue weighted by molar-refractivity contribution is 9.10. The molecule has 0 unspecified atom stereocenters. The van der Waals surface area contributed by atoms with Gasteiger partial charge in [-0.15, -0.1) is 6.58 Å². The number of halogens is 1. The lowest BCUT2D eigenvalue weighted by atomic mass is 10.1. The molecule has 0 aliphatic heterocycles. The summed E-state index contributed by atoms with van der Waals surface area (Å²) in [6, 6.07) is 5.80. The number of hydrogen-bond donors (Lipinski definition) is 0. The summed E-state index contributed by atoms with van der Waals surface area (Å²) in [5, 5.41) is 0. The molecule has 0 radical (unpaired) electrons. The monoisotopic (exact) mass is 281 g/mol. The van der Waals surface area contributed by atoms with E-state index in [1.165, 1.54) is 0 Å². The first-order valence-electron chi connectivity index (χ1n) is 5.26. The molecule has 0 saturated heterocycles. The summed E-state index contributed by atoms with van der Waals surface area (Å²) in [5.41, 5.74) is 1.82. The van der Waals surface area contributed by atoms with Crippen LogP contribution in [0.1, 0.15) is 24.2 Å². The number of ketones is 1. The number of Topliss-reactive ketones (excluding diaryl/α,β-unsaturated/α-hetero) is 1. The molecular weight excluding hydrogens is 266 g/mol. The molecule has 0 spiro atoms. The van der Waals surface area contributed by atoms with Crippen LogP contribution in [0, 0.1) is 0 Å². The SMILES string of the molecule is C=CCN(CC)c1ccc(C(C)=O)c(Br)c1. The predicted octanol–water partition coefficient (Wildman–Crippen LogP) is 3.66. The van der Waals surface area contributed by atoms with Gasteiger partial charge < -0.3 is 4.90 Å². The maximum atomic E-state index is 11.3. The van der Waals surface area contributed by atoms with Gasteiger partial charge in [-0.3, -0.25) is 4.79 Å². The van der Waals surface area contributed by atoms with Crippen molar-refractivity contribution in [2.24, 2.45) is 0 Å². The van der Waals surface area contributed by atoms with Gasteiger partial charge in [-0.2, -0.15) is 0 Å². The van der Waals surface area contributed by atoms with Crippen LogP contribution in [-0.2, 0) is 0 Å². The lowest BCUT2D eigenvalue weighted by Gasteiger charge is -2.21. The quantitative estimate of drug-likeness (QED) is 0.606. The van der Waals surface area contributed by atoms with E-state index in [1.54, 1.807) is 6.92 Å². The Hall–Kier alpha value is -1.09. The van der Waals surface area contributed by atoms with Crippen LogP contribution in [0.4, 0.5) is 5.69 Å². The number of carbonyl (C=O) groups excluding carboxylic acids is 1. The second kappa shape index (κ2) is 5.85. The molecule has 86 valence electrons. The second-order valence-electron chi connectivity index (χ2n) is 3.55. The van der Waals surface area contributed by atoms with E-state index in [0.717, 1.165) is 28.8 Å². The smallest absolute Gasteiger partial charge is 0.160 e. The lowest BCUT2D eigenvalue weighted by molar-refractivity contribution is 0.101. The van der Waals surface area contributed by atoms with Crippen LogP contribution in [0.15, 0.2) is 35.3 Å². The van der Waals surface area contributed by atoms with Gasteiger partial charge in [0.15, 0.2) is 5.78 Å². The minimum Gasteiger partial charge on any atom is -0.368 e. The van der Waals surface area contributed by atoms with Gasteiger partial charge in [0, 0.05) is 28.8 Å². The number of benzene rings is 1. The molecular formula is C13H16BrNO. The van der Waals surface area contributed by atoms with E-state index in [9.17, 15) is 4.79 Å². The minimum atomic E-state index is 0.0743. The fraction of sp³-hybridized carbons (Fsp3) is 0.308. The van der Waals surface area contributed by atoms with Gasteiger partial charge in [0.2, 0.25) is 0 Å². The van der Waals surface area contributed by atoms with Crippen molar-refractivity contribution in [3.05, 3.63) is 40.9 Å². The maximum absolute atomic E-state index is 11.3. The summed E-state index contributed by atoms with van der Waals surface area (Å²) in [4.78, 5) is 13.5. The molecule has 0 saturated carbocycles. The van der Waals surface area contributed by atoms with Crippen LogP contribution in [-0.4, -0.2) is 18.9 Å². The van der Waals surface area contributed by atoms with Crippen molar-refractivity contribution in [1.82, 2.24) is 0 Å². The molecule has 0 atom stereocenters.